The molecule has 2 amide bonds. The van der Waals surface area contributed by atoms with Crippen molar-refractivity contribution in [3.8, 4) is 5.69 Å². The largest absolute Gasteiger partial charge is 0.329 e. The number of nitrogens with zero attached hydrogens (tertiary/aromatic N) is 2. The molecule has 2 N–H and O–H groups in total. The second kappa shape index (κ2) is 8.56. The third-order valence-electron chi connectivity index (χ3n) is 4.73. The Kier molecular flexibility index (Phi) is 5.93. The van der Waals surface area contributed by atoms with Gasteiger partial charge in [0.1, 0.15) is 0 Å². The Morgan fingerprint density at radius 1 is 0.931 bits per heavy atom. The molecule has 0 atom stereocenters. The van der Waals surface area contributed by atoms with E-state index >= 15 is 0 Å². The van der Waals surface area contributed by atoms with Crippen LogP contribution in [0.15, 0.2) is 59.7 Å². The van der Waals surface area contributed by atoms with Crippen LogP contribution in [-0.4, -0.2) is 22.6 Å². The van der Waals surface area contributed by atoms with Gasteiger partial charge in [-0.25, -0.2) is 5.43 Å². The van der Waals surface area contributed by atoms with Gasteiger partial charge in [-0.3, -0.25) is 9.59 Å². The maximum Gasteiger partial charge on any atom is 0.329 e. The summed E-state index contributed by atoms with van der Waals surface area (Å²) in [6, 6.07) is 17.5. The molecule has 0 aliphatic rings. The van der Waals surface area contributed by atoms with E-state index in [4.69, 9.17) is 0 Å². The summed E-state index contributed by atoms with van der Waals surface area (Å²) >= 11 is 0. The molecule has 0 saturated carbocycles. The number of para-hydroxylation sites is 1. The van der Waals surface area contributed by atoms with Gasteiger partial charge in [-0.15, -0.1) is 0 Å². The second-order valence-electron chi connectivity index (χ2n) is 6.97. The van der Waals surface area contributed by atoms with Crippen LogP contribution in [0.2, 0.25) is 0 Å². The zero-order valence-electron chi connectivity index (χ0n) is 17.0. The molecular weight excluding hydrogens is 364 g/mol. The van der Waals surface area contributed by atoms with E-state index in [1.54, 1.807) is 18.3 Å². The first-order chi connectivity index (χ1) is 13.9. The smallest absolute Gasteiger partial charge is 0.318 e. The van der Waals surface area contributed by atoms with Crippen molar-refractivity contribution in [2.24, 2.45) is 5.10 Å². The normalized spacial score (nSPS) is 10.9. The Hall–Kier alpha value is -3.67. The summed E-state index contributed by atoms with van der Waals surface area (Å²) in [5, 5.41) is 6.53. The van der Waals surface area contributed by atoms with Crippen molar-refractivity contribution in [2.75, 3.05) is 5.32 Å². The van der Waals surface area contributed by atoms with Crippen molar-refractivity contribution in [1.29, 1.82) is 0 Å². The molecule has 0 bridgehead atoms. The standard InChI is InChI=1S/C23H24N4O2/c1-15-9-11-20(12-10-15)27-17(3)13-19(18(27)4)14-24-26-23(29)22(28)25-21-8-6-5-7-16(21)2/h5-14H,1-4H3,(H,25,28)(H,26,29)/b24-14-. The lowest BCUT2D eigenvalue weighted by Crippen LogP contribution is -2.32. The molecule has 1 heterocycles. The minimum Gasteiger partial charge on any atom is -0.318 e. The van der Waals surface area contributed by atoms with E-state index in [2.05, 4.69) is 51.6 Å². The van der Waals surface area contributed by atoms with Gasteiger partial charge in [0.2, 0.25) is 0 Å². The Morgan fingerprint density at radius 3 is 2.31 bits per heavy atom. The van der Waals surface area contributed by atoms with Gasteiger partial charge in [-0.2, -0.15) is 5.10 Å². The molecular formula is C23H24N4O2. The third-order valence-corrected chi connectivity index (χ3v) is 4.73. The quantitative estimate of drug-likeness (QED) is 0.405. The minimum atomic E-state index is -0.822. The number of rotatable bonds is 4. The summed E-state index contributed by atoms with van der Waals surface area (Å²) in [7, 11) is 0. The van der Waals surface area contributed by atoms with E-state index in [9.17, 15) is 9.59 Å². The van der Waals surface area contributed by atoms with Gasteiger partial charge in [0.25, 0.3) is 0 Å². The van der Waals surface area contributed by atoms with E-state index < -0.39 is 11.8 Å². The number of carbonyl (C=O) groups excluding carboxylic acids is 2. The average molecular weight is 388 g/mol. The first-order valence-electron chi connectivity index (χ1n) is 9.33. The maximum atomic E-state index is 12.0. The monoisotopic (exact) mass is 388 g/mol. The topological polar surface area (TPSA) is 75.5 Å². The van der Waals surface area contributed by atoms with Crippen molar-refractivity contribution in [2.45, 2.75) is 27.7 Å². The summed E-state index contributed by atoms with van der Waals surface area (Å²) in [6.07, 6.45) is 1.55. The van der Waals surface area contributed by atoms with E-state index in [0.717, 1.165) is 28.2 Å². The predicted molar refractivity (Wildman–Crippen MR) is 116 cm³/mol. The molecule has 0 aliphatic carbocycles. The molecule has 3 rings (SSSR count). The van der Waals surface area contributed by atoms with E-state index in [1.165, 1.54) is 5.56 Å². The molecule has 0 unspecified atom stereocenters. The van der Waals surface area contributed by atoms with E-state index in [1.807, 2.05) is 39.0 Å². The molecule has 6 heteroatoms. The lowest BCUT2D eigenvalue weighted by atomic mass is 10.2. The van der Waals surface area contributed by atoms with Crippen LogP contribution in [0.5, 0.6) is 0 Å². The Labute approximate surface area is 170 Å². The zero-order valence-corrected chi connectivity index (χ0v) is 17.0. The minimum absolute atomic E-state index is 0.596. The summed E-state index contributed by atoms with van der Waals surface area (Å²) in [4.78, 5) is 24.1. The van der Waals surface area contributed by atoms with Crippen LogP contribution < -0.4 is 10.7 Å². The van der Waals surface area contributed by atoms with E-state index in [-0.39, 0.29) is 0 Å². The molecule has 0 fully saturated rings. The highest BCUT2D eigenvalue weighted by atomic mass is 16.2. The fraction of sp³-hybridized carbons (Fsp3) is 0.174. The highest BCUT2D eigenvalue weighted by molar-refractivity contribution is 6.39. The number of anilines is 1. The maximum absolute atomic E-state index is 12.0. The van der Waals surface area contributed by atoms with Gasteiger partial charge in [0.05, 0.1) is 6.21 Å². The number of aromatic nitrogens is 1. The van der Waals surface area contributed by atoms with Crippen LogP contribution in [0, 0.1) is 27.7 Å². The van der Waals surface area contributed by atoms with Gasteiger partial charge in [-0.05, 0) is 57.5 Å². The fourth-order valence-corrected chi connectivity index (χ4v) is 3.11. The average Bonchev–Trinajstić information content (AvgIpc) is 2.97. The summed E-state index contributed by atoms with van der Waals surface area (Å²) in [5.41, 5.74) is 8.93. The molecule has 148 valence electrons. The molecule has 0 aliphatic heterocycles. The Bertz CT molecular complexity index is 1080. The SMILES string of the molecule is Cc1ccc(-n2c(C)cc(/C=N\NC(=O)C(=O)Nc3ccccc3C)c2C)cc1. The molecule has 0 saturated heterocycles. The molecule has 29 heavy (non-hydrogen) atoms. The summed E-state index contributed by atoms with van der Waals surface area (Å²) < 4.78 is 2.12. The zero-order chi connectivity index (χ0) is 21.0. The van der Waals surface area contributed by atoms with Crippen molar-refractivity contribution >= 4 is 23.7 Å². The first-order valence-corrected chi connectivity index (χ1v) is 9.33. The van der Waals surface area contributed by atoms with Gasteiger partial charge < -0.3 is 9.88 Å². The lowest BCUT2D eigenvalue weighted by Gasteiger charge is -2.09. The van der Waals surface area contributed by atoms with Crippen LogP contribution in [0.4, 0.5) is 5.69 Å². The third kappa shape index (κ3) is 4.60. The molecule has 2 aromatic carbocycles. The van der Waals surface area contributed by atoms with Crippen LogP contribution >= 0.6 is 0 Å². The molecule has 1 aromatic heterocycles. The van der Waals surface area contributed by atoms with Crippen LogP contribution in [-0.2, 0) is 9.59 Å². The van der Waals surface area contributed by atoms with E-state index in [0.29, 0.717) is 5.69 Å². The fourth-order valence-electron chi connectivity index (χ4n) is 3.11. The number of aryl methyl sites for hydroxylation is 3. The van der Waals surface area contributed by atoms with Crippen molar-refractivity contribution in [3.63, 3.8) is 0 Å². The molecule has 0 spiro atoms. The Morgan fingerprint density at radius 2 is 1.62 bits per heavy atom. The molecule has 0 radical (unpaired) electrons. The highest BCUT2D eigenvalue weighted by Gasteiger charge is 2.14. The number of benzene rings is 2. The van der Waals surface area contributed by atoms with Crippen LogP contribution in [0.25, 0.3) is 5.69 Å². The summed E-state index contributed by atoms with van der Waals surface area (Å²) in [5.74, 6) is -1.58. The lowest BCUT2D eigenvalue weighted by molar-refractivity contribution is -0.136. The van der Waals surface area contributed by atoms with Crippen LogP contribution in [0.1, 0.15) is 28.1 Å². The van der Waals surface area contributed by atoms with Gasteiger partial charge in [0.15, 0.2) is 0 Å². The highest BCUT2D eigenvalue weighted by Crippen LogP contribution is 2.20. The first kappa shape index (κ1) is 20.1. The number of hydrogen-bond donors (Lipinski definition) is 2. The predicted octanol–water partition coefficient (Wildman–Crippen LogP) is 3.80. The van der Waals surface area contributed by atoms with Crippen LogP contribution in [0.3, 0.4) is 0 Å². The molecule has 6 nitrogen and oxygen atoms in total. The Balaban J connectivity index is 1.68. The number of hydrazone groups is 1. The van der Waals surface area contributed by atoms with Gasteiger partial charge in [0, 0.05) is 28.3 Å². The second-order valence-corrected chi connectivity index (χ2v) is 6.97. The van der Waals surface area contributed by atoms with Crippen molar-refractivity contribution in [1.82, 2.24) is 9.99 Å². The number of carbonyl (C=O) groups is 2. The van der Waals surface area contributed by atoms with Crippen molar-refractivity contribution < 1.29 is 9.59 Å². The summed E-state index contributed by atoms with van der Waals surface area (Å²) in [6.45, 7) is 7.91. The van der Waals surface area contributed by atoms with Gasteiger partial charge >= 0.3 is 11.8 Å². The number of amides is 2. The van der Waals surface area contributed by atoms with Crippen molar-refractivity contribution in [3.05, 3.63) is 82.7 Å². The molecule has 3 aromatic rings. The number of hydrogen-bond acceptors (Lipinski definition) is 3. The number of nitrogens with one attached hydrogen (secondary N) is 2. The van der Waals surface area contributed by atoms with Gasteiger partial charge in [-0.1, -0.05) is 35.9 Å².